The van der Waals surface area contributed by atoms with Gasteiger partial charge in [0.25, 0.3) is 5.91 Å². The van der Waals surface area contributed by atoms with Gasteiger partial charge < -0.3 is 10.6 Å². The maximum Gasteiger partial charge on any atom is 0.251 e. The van der Waals surface area contributed by atoms with Crippen LogP contribution in [0.5, 0.6) is 0 Å². The number of carbonyl (C=O) groups is 2. The first-order chi connectivity index (χ1) is 12.0. The molecule has 1 atom stereocenters. The summed E-state index contributed by atoms with van der Waals surface area (Å²) in [5.74, 6) is 0.400. The summed E-state index contributed by atoms with van der Waals surface area (Å²) >= 11 is 3.33. The Balaban J connectivity index is 1.85. The fourth-order valence-corrected chi connectivity index (χ4v) is 3.59. The van der Waals surface area contributed by atoms with E-state index in [9.17, 15) is 9.59 Å². The minimum absolute atomic E-state index is 0.166. The number of thioether (sulfide) groups is 1. The van der Waals surface area contributed by atoms with Gasteiger partial charge in [0.15, 0.2) is 0 Å². The van der Waals surface area contributed by atoms with Crippen molar-refractivity contribution in [3.05, 3.63) is 45.9 Å². The highest BCUT2D eigenvalue weighted by atomic mass is 32.2. The van der Waals surface area contributed by atoms with Crippen molar-refractivity contribution >= 4 is 34.9 Å². The van der Waals surface area contributed by atoms with Crippen LogP contribution < -0.4 is 10.6 Å². The Morgan fingerprint density at radius 3 is 2.60 bits per heavy atom. The lowest BCUT2D eigenvalue weighted by atomic mass is 10.2. The first-order valence-electron chi connectivity index (χ1n) is 8.22. The number of carbonyl (C=O) groups excluding carboxylic acids is 2. The van der Waals surface area contributed by atoms with Gasteiger partial charge in [0.1, 0.15) is 6.04 Å². The fraction of sp³-hybridized carbons (Fsp3) is 0.389. The van der Waals surface area contributed by atoms with E-state index >= 15 is 0 Å². The number of thiazole rings is 1. The van der Waals surface area contributed by atoms with Crippen LogP contribution in [0, 0.1) is 6.92 Å². The number of aryl methyl sites for hydroxylation is 1. The Hall–Kier alpha value is -1.86. The van der Waals surface area contributed by atoms with E-state index in [1.165, 1.54) is 0 Å². The first kappa shape index (κ1) is 19.5. The van der Waals surface area contributed by atoms with Crippen LogP contribution in [0.1, 0.15) is 41.3 Å². The molecule has 2 rings (SSSR count). The summed E-state index contributed by atoms with van der Waals surface area (Å²) in [4.78, 5) is 29.5. The number of hydrogen-bond acceptors (Lipinski definition) is 5. The van der Waals surface area contributed by atoms with Crippen LogP contribution in [0.15, 0.2) is 34.5 Å². The topological polar surface area (TPSA) is 71.1 Å². The third-order valence-corrected chi connectivity index (χ3v) is 5.33. The Morgan fingerprint density at radius 2 is 2.00 bits per heavy atom. The molecule has 1 aromatic carbocycles. The standard InChI is InChI=1S/C18H23N3O2S2/c1-4-9-19-17(22)12(2)20-18(23)14-5-7-16(8-6-14)25-11-15-10-24-13(3)21-15/h5-8,10,12H,4,9,11H2,1-3H3,(H,19,22)(H,20,23). The number of nitrogens with one attached hydrogen (secondary N) is 2. The molecule has 1 heterocycles. The minimum atomic E-state index is -0.555. The van der Waals surface area contributed by atoms with Gasteiger partial charge in [-0.15, -0.1) is 23.1 Å². The minimum Gasteiger partial charge on any atom is -0.354 e. The van der Waals surface area contributed by atoms with Crippen LogP contribution in [0.2, 0.25) is 0 Å². The molecule has 5 nitrogen and oxygen atoms in total. The predicted molar refractivity (Wildman–Crippen MR) is 103 cm³/mol. The normalized spacial score (nSPS) is 11.8. The summed E-state index contributed by atoms with van der Waals surface area (Å²) in [6, 6.07) is 6.84. The Bertz CT molecular complexity index is 713. The van der Waals surface area contributed by atoms with Crippen molar-refractivity contribution in [2.45, 2.75) is 43.9 Å². The lowest BCUT2D eigenvalue weighted by Crippen LogP contribution is -2.44. The molecule has 0 aliphatic carbocycles. The molecule has 2 aromatic rings. The average Bonchev–Trinajstić information content (AvgIpc) is 3.03. The molecular formula is C18H23N3O2S2. The number of aromatic nitrogens is 1. The van der Waals surface area contributed by atoms with E-state index < -0.39 is 6.04 Å². The second-order valence-corrected chi connectivity index (χ2v) is 7.77. The van der Waals surface area contributed by atoms with Crippen molar-refractivity contribution < 1.29 is 9.59 Å². The van der Waals surface area contributed by atoms with Gasteiger partial charge in [0.05, 0.1) is 10.7 Å². The van der Waals surface area contributed by atoms with Gasteiger partial charge >= 0.3 is 0 Å². The summed E-state index contributed by atoms with van der Waals surface area (Å²) in [6.07, 6.45) is 0.867. The third kappa shape index (κ3) is 6.17. The van der Waals surface area contributed by atoms with Gasteiger partial charge in [-0.25, -0.2) is 4.98 Å². The van der Waals surface area contributed by atoms with E-state index in [1.54, 1.807) is 42.2 Å². The number of amides is 2. The van der Waals surface area contributed by atoms with E-state index in [0.29, 0.717) is 12.1 Å². The van der Waals surface area contributed by atoms with Crippen molar-refractivity contribution in [1.82, 2.24) is 15.6 Å². The van der Waals surface area contributed by atoms with Crippen LogP contribution in [-0.4, -0.2) is 29.4 Å². The maximum absolute atomic E-state index is 12.2. The monoisotopic (exact) mass is 377 g/mol. The zero-order valence-corrected chi connectivity index (χ0v) is 16.3. The zero-order valence-electron chi connectivity index (χ0n) is 14.7. The molecule has 0 aliphatic heterocycles. The van der Waals surface area contributed by atoms with Crippen LogP contribution in [0.3, 0.4) is 0 Å². The van der Waals surface area contributed by atoms with Crippen molar-refractivity contribution in [2.24, 2.45) is 0 Å². The summed E-state index contributed by atoms with van der Waals surface area (Å²) < 4.78 is 0. The quantitative estimate of drug-likeness (QED) is 0.692. The fourth-order valence-electron chi connectivity index (χ4n) is 2.08. The summed E-state index contributed by atoms with van der Waals surface area (Å²) in [5, 5.41) is 8.62. The molecule has 0 fully saturated rings. The molecular weight excluding hydrogens is 354 g/mol. The Kier molecular flexibility index (Phi) is 7.46. The molecule has 134 valence electrons. The first-order valence-corrected chi connectivity index (χ1v) is 10.1. The highest BCUT2D eigenvalue weighted by molar-refractivity contribution is 7.98. The van der Waals surface area contributed by atoms with E-state index in [4.69, 9.17) is 0 Å². The SMILES string of the molecule is CCCNC(=O)C(C)NC(=O)c1ccc(SCc2csc(C)n2)cc1. The molecule has 2 N–H and O–H groups in total. The van der Waals surface area contributed by atoms with Gasteiger partial charge in [-0.3, -0.25) is 9.59 Å². The van der Waals surface area contributed by atoms with E-state index in [0.717, 1.165) is 27.8 Å². The molecule has 0 aliphatic rings. The van der Waals surface area contributed by atoms with Gasteiger partial charge in [0.2, 0.25) is 5.91 Å². The lowest BCUT2D eigenvalue weighted by Gasteiger charge is -2.14. The predicted octanol–water partition coefficient (Wildman–Crippen LogP) is 3.39. The van der Waals surface area contributed by atoms with Gasteiger partial charge in [-0.1, -0.05) is 6.92 Å². The molecule has 0 radical (unpaired) electrons. The largest absolute Gasteiger partial charge is 0.354 e. The van der Waals surface area contributed by atoms with Gasteiger partial charge in [0, 0.05) is 28.1 Å². The van der Waals surface area contributed by atoms with Gasteiger partial charge in [-0.2, -0.15) is 0 Å². The number of nitrogens with zero attached hydrogens (tertiary/aromatic N) is 1. The van der Waals surface area contributed by atoms with E-state index in [2.05, 4.69) is 21.0 Å². The van der Waals surface area contributed by atoms with Crippen LogP contribution in [-0.2, 0) is 10.5 Å². The molecule has 0 saturated carbocycles. The number of hydrogen-bond donors (Lipinski definition) is 2. The average molecular weight is 378 g/mol. The molecule has 0 saturated heterocycles. The second-order valence-electron chi connectivity index (χ2n) is 5.66. The van der Waals surface area contributed by atoms with Crippen LogP contribution in [0.4, 0.5) is 0 Å². The van der Waals surface area contributed by atoms with Crippen LogP contribution >= 0.6 is 23.1 Å². The second kappa shape index (κ2) is 9.58. The third-order valence-electron chi connectivity index (χ3n) is 3.46. The van der Waals surface area contributed by atoms with Crippen LogP contribution in [0.25, 0.3) is 0 Å². The molecule has 0 bridgehead atoms. The number of rotatable bonds is 8. The van der Waals surface area contributed by atoms with Crippen molar-refractivity contribution in [3.8, 4) is 0 Å². The molecule has 1 unspecified atom stereocenters. The summed E-state index contributed by atoms with van der Waals surface area (Å²) in [7, 11) is 0. The molecule has 25 heavy (non-hydrogen) atoms. The van der Waals surface area contributed by atoms with Crippen molar-refractivity contribution in [3.63, 3.8) is 0 Å². The Morgan fingerprint density at radius 1 is 1.28 bits per heavy atom. The highest BCUT2D eigenvalue weighted by Gasteiger charge is 2.16. The summed E-state index contributed by atoms with van der Waals surface area (Å²) in [6.45, 7) is 6.28. The molecule has 0 spiro atoms. The highest BCUT2D eigenvalue weighted by Crippen LogP contribution is 2.23. The van der Waals surface area contributed by atoms with Crippen molar-refractivity contribution in [2.75, 3.05) is 6.54 Å². The maximum atomic E-state index is 12.2. The van der Waals surface area contributed by atoms with E-state index in [1.807, 2.05) is 26.0 Å². The smallest absolute Gasteiger partial charge is 0.251 e. The zero-order chi connectivity index (χ0) is 18.2. The van der Waals surface area contributed by atoms with Gasteiger partial charge in [-0.05, 0) is 44.5 Å². The molecule has 1 aromatic heterocycles. The van der Waals surface area contributed by atoms with Crippen molar-refractivity contribution in [1.29, 1.82) is 0 Å². The Labute approximate surface area is 156 Å². The lowest BCUT2D eigenvalue weighted by molar-refractivity contribution is -0.122. The van der Waals surface area contributed by atoms with E-state index in [-0.39, 0.29) is 11.8 Å². The molecule has 2 amide bonds. The number of benzene rings is 1. The molecule has 7 heteroatoms. The summed E-state index contributed by atoms with van der Waals surface area (Å²) in [5.41, 5.74) is 1.62.